The second-order valence-electron chi connectivity index (χ2n) is 7.06. The number of carbonyl (C=O) groups is 1. The Hall–Kier alpha value is -3.94. The molecule has 2 atom stereocenters. The standard InChI is InChI=1S/C23H19NO7/c1-2-15-19(17-13-29-18-11-7-6-10-16(18)20(17)25)22(24(27)28)31-21(15)23(26)30-12-14-8-4-3-5-9-14/h3-11,13,19,22H,2,12H2,1H3/t19-,22+/m1/s1. The van der Waals surface area contributed by atoms with E-state index >= 15 is 0 Å². The van der Waals surface area contributed by atoms with E-state index in [-0.39, 0.29) is 24.4 Å². The minimum absolute atomic E-state index is 0.00453. The Kier molecular flexibility index (Phi) is 5.53. The molecule has 4 rings (SSSR count). The number of carbonyl (C=O) groups excluding carboxylic acids is 1. The molecule has 0 bridgehead atoms. The molecule has 0 spiro atoms. The molecule has 0 fully saturated rings. The highest BCUT2D eigenvalue weighted by Crippen LogP contribution is 2.40. The average molecular weight is 421 g/mol. The summed E-state index contributed by atoms with van der Waals surface area (Å²) >= 11 is 0. The number of hydrogen-bond donors (Lipinski definition) is 0. The van der Waals surface area contributed by atoms with Crippen LogP contribution in [0.4, 0.5) is 0 Å². The summed E-state index contributed by atoms with van der Waals surface area (Å²) in [6.45, 7) is 1.73. The summed E-state index contributed by atoms with van der Waals surface area (Å²) in [6.07, 6.45) is -0.154. The van der Waals surface area contributed by atoms with Gasteiger partial charge in [-0.2, -0.15) is 0 Å². The lowest BCUT2D eigenvalue weighted by atomic mass is 9.89. The zero-order valence-corrected chi connectivity index (χ0v) is 16.6. The van der Waals surface area contributed by atoms with Crippen LogP contribution in [0.15, 0.2) is 81.4 Å². The van der Waals surface area contributed by atoms with Crippen LogP contribution in [0, 0.1) is 10.1 Å². The molecule has 0 radical (unpaired) electrons. The number of fused-ring (bicyclic) bond motifs is 1. The molecule has 3 aromatic rings. The summed E-state index contributed by atoms with van der Waals surface area (Å²) in [5.74, 6) is -2.09. The van der Waals surface area contributed by atoms with E-state index in [1.165, 1.54) is 6.26 Å². The third-order valence-electron chi connectivity index (χ3n) is 5.22. The van der Waals surface area contributed by atoms with Gasteiger partial charge < -0.3 is 13.9 Å². The van der Waals surface area contributed by atoms with E-state index < -0.39 is 28.5 Å². The Balaban J connectivity index is 1.72. The second kappa shape index (κ2) is 8.43. The number of para-hydroxylation sites is 1. The third kappa shape index (κ3) is 3.79. The predicted molar refractivity (Wildman–Crippen MR) is 111 cm³/mol. The predicted octanol–water partition coefficient (Wildman–Crippen LogP) is 3.92. The number of nitro groups is 1. The van der Waals surface area contributed by atoms with Crippen molar-refractivity contribution in [1.82, 2.24) is 0 Å². The van der Waals surface area contributed by atoms with Crippen molar-refractivity contribution in [2.24, 2.45) is 0 Å². The van der Waals surface area contributed by atoms with Gasteiger partial charge in [-0.1, -0.05) is 49.4 Å². The topological polar surface area (TPSA) is 109 Å². The monoisotopic (exact) mass is 421 g/mol. The summed E-state index contributed by atoms with van der Waals surface area (Å²) in [5.41, 5.74) is 1.15. The first-order chi connectivity index (χ1) is 15.0. The molecule has 0 saturated heterocycles. The molecule has 1 aromatic heterocycles. The molecule has 0 amide bonds. The molecule has 0 unspecified atom stereocenters. The SMILES string of the molecule is CCC1=C(C(=O)OCc2ccccc2)O[C@H]([N+](=O)[O-])[C@H]1c1coc2ccccc2c1=O. The fourth-order valence-electron chi connectivity index (χ4n) is 3.74. The maximum atomic E-state index is 13.1. The van der Waals surface area contributed by atoms with Gasteiger partial charge in [0.15, 0.2) is 5.43 Å². The number of hydrogen-bond acceptors (Lipinski definition) is 7. The number of benzene rings is 2. The Morgan fingerprint density at radius 1 is 1.13 bits per heavy atom. The third-order valence-corrected chi connectivity index (χ3v) is 5.22. The van der Waals surface area contributed by atoms with Gasteiger partial charge in [-0.25, -0.2) is 4.79 Å². The van der Waals surface area contributed by atoms with Crippen LogP contribution in [0.5, 0.6) is 0 Å². The molecule has 0 saturated carbocycles. The van der Waals surface area contributed by atoms with Gasteiger partial charge >= 0.3 is 12.2 Å². The van der Waals surface area contributed by atoms with Crippen molar-refractivity contribution in [2.75, 3.05) is 0 Å². The number of rotatable bonds is 6. The summed E-state index contributed by atoms with van der Waals surface area (Å²) in [6, 6.07) is 15.7. The van der Waals surface area contributed by atoms with Crippen molar-refractivity contribution < 1.29 is 23.6 Å². The summed E-state index contributed by atoms with van der Waals surface area (Å²) in [7, 11) is 0. The largest absolute Gasteiger partial charge is 0.464 e. The Bertz CT molecular complexity index is 1230. The van der Waals surface area contributed by atoms with Gasteiger partial charge in [0.2, 0.25) is 5.76 Å². The summed E-state index contributed by atoms with van der Waals surface area (Å²) < 4.78 is 16.3. The molecule has 158 valence electrons. The minimum Gasteiger partial charge on any atom is -0.464 e. The highest BCUT2D eigenvalue weighted by molar-refractivity contribution is 5.88. The maximum Gasteiger partial charge on any atom is 0.374 e. The zero-order valence-electron chi connectivity index (χ0n) is 16.6. The van der Waals surface area contributed by atoms with Crippen molar-refractivity contribution in [3.63, 3.8) is 0 Å². The molecule has 2 aromatic carbocycles. The lowest BCUT2D eigenvalue weighted by Crippen LogP contribution is -2.29. The van der Waals surface area contributed by atoms with E-state index in [2.05, 4.69) is 0 Å². The van der Waals surface area contributed by atoms with Gasteiger partial charge in [-0.3, -0.25) is 14.9 Å². The zero-order chi connectivity index (χ0) is 22.0. The fourth-order valence-corrected chi connectivity index (χ4v) is 3.74. The number of nitrogens with zero attached hydrogens (tertiary/aromatic N) is 1. The van der Waals surface area contributed by atoms with Gasteiger partial charge in [0.25, 0.3) is 0 Å². The maximum absolute atomic E-state index is 13.1. The van der Waals surface area contributed by atoms with Crippen LogP contribution in [0.2, 0.25) is 0 Å². The van der Waals surface area contributed by atoms with Gasteiger partial charge in [0, 0.05) is 0 Å². The Morgan fingerprint density at radius 2 is 1.84 bits per heavy atom. The normalized spacial score (nSPS) is 18.1. The van der Waals surface area contributed by atoms with Crippen LogP contribution >= 0.6 is 0 Å². The molecule has 8 nitrogen and oxygen atoms in total. The quantitative estimate of drug-likeness (QED) is 0.337. The van der Waals surface area contributed by atoms with Gasteiger partial charge in [-0.05, 0) is 29.7 Å². The molecule has 0 aliphatic carbocycles. The van der Waals surface area contributed by atoms with E-state index in [1.54, 1.807) is 43.3 Å². The molecular formula is C23H19NO7. The van der Waals surface area contributed by atoms with Crippen molar-refractivity contribution in [2.45, 2.75) is 32.1 Å². The summed E-state index contributed by atoms with van der Waals surface area (Å²) in [5, 5.41) is 12.0. The Morgan fingerprint density at radius 3 is 2.55 bits per heavy atom. The van der Waals surface area contributed by atoms with Crippen molar-refractivity contribution in [1.29, 1.82) is 0 Å². The van der Waals surface area contributed by atoms with Crippen LogP contribution in [0.3, 0.4) is 0 Å². The first kappa shape index (κ1) is 20.3. The Labute approximate surface area is 176 Å². The first-order valence-corrected chi connectivity index (χ1v) is 9.76. The molecule has 1 aliphatic heterocycles. The highest BCUT2D eigenvalue weighted by atomic mass is 16.7. The number of esters is 1. The molecule has 8 heteroatoms. The van der Waals surface area contributed by atoms with Gasteiger partial charge in [-0.15, -0.1) is 0 Å². The molecule has 31 heavy (non-hydrogen) atoms. The van der Waals surface area contributed by atoms with Crippen LogP contribution < -0.4 is 5.43 Å². The number of ether oxygens (including phenoxy) is 2. The van der Waals surface area contributed by atoms with E-state index in [9.17, 15) is 19.7 Å². The highest BCUT2D eigenvalue weighted by Gasteiger charge is 2.48. The summed E-state index contributed by atoms with van der Waals surface area (Å²) in [4.78, 5) is 36.8. The van der Waals surface area contributed by atoms with Crippen molar-refractivity contribution in [3.8, 4) is 0 Å². The van der Waals surface area contributed by atoms with E-state index in [0.717, 1.165) is 5.56 Å². The first-order valence-electron chi connectivity index (χ1n) is 9.76. The lowest BCUT2D eigenvalue weighted by Gasteiger charge is -2.14. The van der Waals surface area contributed by atoms with Crippen molar-refractivity contribution >= 4 is 16.9 Å². The van der Waals surface area contributed by atoms with Gasteiger partial charge in [0.1, 0.15) is 18.1 Å². The molecule has 0 N–H and O–H groups in total. The van der Waals surface area contributed by atoms with Crippen molar-refractivity contribution in [3.05, 3.63) is 104 Å². The van der Waals surface area contributed by atoms with Crippen LogP contribution in [-0.4, -0.2) is 17.1 Å². The fraction of sp³-hybridized carbons (Fsp3) is 0.217. The van der Waals surface area contributed by atoms with E-state index in [4.69, 9.17) is 13.9 Å². The van der Waals surface area contributed by atoms with E-state index in [0.29, 0.717) is 16.5 Å². The lowest BCUT2D eigenvalue weighted by molar-refractivity contribution is -0.570. The van der Waals surface area contributed by atoms with E-state index in [1.807, 2.05) is 18.2 Å². The second-order valence-corrected chi connectivity index (χ2v) is 7.06. The molecule has 1 aliphatic rings. The van der Waals surface area contributed by atoms with Crippen LogP contribution in [0.25, 0.3) is 11.0 Å². The molecular weight excluding hydrogens is 402 g/mol. The smallest absolute Gasteiger partial charge is 0.374 e. The average Bonchev–Trinajstić information content (AvgIpc) is 3.18. The minimum atomic E-state index is -1.63. The molecule has 2 heterocycles. The van der Waals surface area contributed by atoms with Gasteiger partial charge in [0.05, 0.1) is 22.1 Å². The van der Waals surface area contributed by atoms with Crippen LogP contribution in [-0.2, 0) is 20.9 Å². The van der Waals surface area contributed by atoms with Crippen LogP contribution in [0.1, 0.15) is 30.4 Å².